The first-order valence-electron chi connectivity index (χ1n) is 7.60. The van der Waals surface area contributed by atoms with Crippen molar-refractivity contribution in [1.29, 1.82) is 0 Å². The second-order valence-electron chi connectivity index (χ2n) is 5.49. The van der Waals surface area contributed by atoms with Gasteiger partial charge in [-0.1, -0.05) is 12.5 Å². The Bertz CT molecular complexity index is 307. The van der Waals surface area contributed by atoms with E-state index in [0.29, 0.717) is 12.6 Å². The van der Waals surface area contributed by atoms with Gasteiger partial charge in [0, 0.05) is 31.2 Å². The molecule has 4 heteroatoms. The highest BCUT2D eigenvalue weighted by Crippen LogP contribution is 2.27. The Morgan fingerprint density at radius 2 is 2.21 bits per heavy atom. The van der Waals surface area contributed by atoms with Crippen LogP contribution in [0.2, 0.25) is 0 Å². The van der Waals surface area contributed by atoms with Crippen molar-refractivity contribution >= 4 is 5.97 Å². The highest BCUT2D eigenvalue weighted by molar-refractivity contribution is 5.81. The molecule has 1 saturated carbocycles. The number of carbonyl (C=O) groups excluding carboxylic acids is 1. The Labute approximate surface area is 116 Å². The van der Waals surface area contributed by atoms with E-state index in [4.69, 9.17) is 4.74 Å². The molecule has 1 aliphatic carbocycles. The fourth-order valence-electron chi connectivity index (χ4n) is 2.65. The normalized spacial score (nSPS) is 24.0. The molecule has 19 heavy (non-hydrogen) atoms. The first-order chi connectivity index (χ1) is 9.29. The topological polar surface area (TPSA) is 41.6 Å². The summed E-state index contributed by atoms with van der Waals surface area (Å²) in [6.45, 7) is 5.40. The predicted molar refractivity (Wildman–Crippen MR) is 76.0 cm³/mol. The molecule has 0 aromatic carbocycles. The van der Waals surface area contributed by atoms with Crippen molar-refractivity contribution < 1.29 is 9.53 Å². The summed E-state index contributed by atoms with van der Waals surface area (Å²) in [4.78, 5) is 13.8. The van der Waals surface area contributed by atoms with E-state index in [1.165, 1.54) is 32.1 Å². The molecule has 0 radical (unpaired) electrons. The highest BCUT2D eigenvalue weighted by atomic mass is 16.5. The monoisotopic (exact) mass is 266 g/mol. The largest absolute Gasteiger partial charge is 0.463 e. The summed E-state index contributed by atoms with van der Waals surface area (Å²) < 4.78 is 4.89. The maximum absolute atomic E-state index is 11.3. The fraction of sp³-hybridized carbons (Fsp3) is 0.800. The van der Waals surface area contributed by atoms with Crippen molar-refractivity contribution in [2.24, 2.45) is 0 Å². The van der Waals surface area contributed by atoms with Gasteiger partial charge in [-0.25, -0.2) is 4.79 Å². The SMILES string of the molecule is CCOC(=O)/C=C/CN(CC1CCCCN1)C1CC1. The van der Waals surface area contributed by atoms with Crippen LogP contribution in [-0.4, -0.2) is 49.2 Å². The van der Waals surface area contributed by atoms with Crippen molar-refractivity contribution in [3.8, 4) is 0 Å². The molecule has 1 unspecified atom stereocenters. The quantitative estimate of drug-likeness (QED) is 0.563. The van der Waals surface area contributed by atoms with E-state index in [9.17, 15) is 4.79 Å². The lowest BCUT2D eigenvalue weighted by molar-refractivity contribution is -0.137. The number of carbonyl (C=O) groups is 1. The van der Waals surface area contributed by atoms with E-state index in [1.807, 2.05) is 13.0 Å². The lowest BCUT2D eigenvalue weighted by atomic mass is 10.0. The van der Waals surface area contributed by atoms with Crippen LogP contribution in [0, 0.1) is 0 Å². The summed E-state index contributed by atoms with van der Waals surface area (Å²) in [5, 5.41) is 3.59. The summed E-state index contributed by atoms with van der Waals surface area (Å²) in [6.07, 6.45) is 10.1. The summed E-state index contributed by atoms with van der Waals surface area (Å²) in [5.41, 5.74) is 0. The predicted octanol–water partition coefficient (Wildman–Crippen LogP) is 1.71. The van der Waals surface area contributed by atoms with Gasteiger partial charge in [0.05, 0.1) is 6.61 Å². The molecule has 2 aliphatic rings. The smallest absolute Gasteiger partial charge is 0.330 e. The van der Waals surface area contributed by atoms with Crippen LogP contribution in [0.3, 0.4) is 0 Å². The van der Waals surface area contributed by atoms with Crippen LogP contribution in [0.15, 0.2) is 12.2 Å². The fourth-order valence-corrected chi connectivity index (χ4v) is 2.65. The molecule has 2 rings (SSSR count). The standard InChI is InChI=1S/C15H26N2O2/c1-2-19-15(18)7-5-11-17(14-8-9-14)12-13-6-3-4-10-16-13/h5,7,13-14,16H,2-4,6,8-12H2,1H3/b7-5+. The van der Waals surface area contributed by atoms with Crippen molar-refractivity contribution in [3.05, 3.63) is 12.2 Å². The van der Waals surface area contributed by atoms with Crippen molar-refractivity contribution in [1.82, 2.24) is 10.2 Å². The highest BCUT2D eigenvalue weighted by Gasteiger charge is 2.30. The molecular weight excluding hydrogens is 240 g/mol. The lowest BCUT2D eigenvalue weighted by Crippen LogP contribution is -2.44. The number of esters is 1. The number of nitrogens with zero attached hydrogens (tertiary/aromatic N) is 1. The van der Waals surface area contributed by atoms with Crippen LogP contribution >= 0.6 is 0 Å². The number of hydrogen-bond donors (Lipinski definition) is 1. The summed E-state index contributed by atoms with van der Waals surface area (Å²) in [6, 6.07) is 1.36. The Balaban J connectivity index is 1.74. The van der Waals surface area contributed by atoms with Gasteiger partial charge in [-0.15, -0.1) is 0 Å². The minimum Gasteiger partial charge on any atom is -0.463 e. The average Bonchev–Trinajstić information content (AvgIpc) is 3.23. The second kappa shape index (κ2) is 7.65. The van der Waals surface area contributed by atoms with Crippen LogP contribution in [-0.2, 0) is 9.53 Å². The molecule has 0 amide bonds. The molecule has 0 bridgehead atoms. The zero-order valence-corrected chi connectivity index (χ0v) is 11.9. The minimum absolute atomic E-state index is 0.228. The second-order valence-corrected chi connectivity index (χ2v) is 5.49. The van der Waals surface area contributed by atoms with Gasteiger partial charge < -0.3 is 10.1 Å². The molecule has 0 aromatic heterocycles. The Morgan fingerprint density at radius 1 is 1.37 bits per heavy atom. The van der Waals surface area contributed by atoms with Crippen molar-refractivity contribution in [2.75, 3.05) is 26.2 Å². The van der Waals surface area contributed by atoms with Gasteiger partial charge in [-0.3, -0.25) is 4.90 Å². The maximum Gasteiger partial charge on any atom is 0.330 e. The van der Waals surface area contributed by atoms with E-state index < -0.39 is 0 Å². The Morgan fingerprint density at radius 3 is 2.84 bits per heavy atom. The Hall–Kier alpha value is -0.870. The van der Waals surface area contributed by atoms with Crippen LogP contribution in [0.25, 0.3) is 0 Å². The zero-order valence-electron chi connectivity index (χ0n) is 11.9. The molecule has 108 valence electrons. The summed E-state index contributed by atoms with van der Waals surface area (Å²) in [5.74, 6) is -0.228. The number of nitrogens with one attached hydrogen (secondary N) is 1. The number of rotatable bonds is 7. The maximum atomic E-state index is 11.3. The van der Waals surface area contributed by atoms with Gasteiger partial charge in [0.2, 0.25) is 0 Å². The average molecular weight is 266 g/mol. The van der Waals surface area contributed by atoms with Gasteiger partial charge in [0.15, 0.2) is 0 Å². The van der Waals surface area contributed by atoms with E-state index in [2.05, 4.69) is 10.2 Å². The zero-order chi connectivity index (χ0) is 13.5. The summed E-state index contributed by atoms with van der Waals surface area (Å²) >= 11 is 0. The van der Waals surface area contributed by atoms with E-state index in [0.717, 1.165) is 25.7 Å². The molecule has 1 heterocycles. The van der Waals surface area contributed by atoms with Gasteiger partial charge in [-0.05, 0) is 39.2 Å². The third-order valence-electron chi connectivity index (χ3n) is 3.81. The third kappa shape index (κ3) is 5.33. The van der Waals surface area contributed by atoms with E-state index in [1.54, 1.807) is 6.08 Å². The van der Waals surface area contributed by atoms with Crippen molar-refractivity contribution in [3.63, 3.8) is 0 Å². The molecule has 1 N–H and O–H groups in total. The number of piperidine rings is 1. The van der Waals surface area contributed by atoms with E-state index in [-0.39, 0.29) is 5.97 Å². The molecule has 0 spiro atoms. The molecule has 1 aliphatic heterocycles. The molecular formula is C15H26N2O2. The first kappa shape index (κ1) is 14.5. The van der Waals surface area contributed by atoms with Gasteiger partial charge in [-0.2, -0.15) is 0 Å². The molecule has 2 fully saturated rings. The van der Waals surface area contributed by atoms with E-state index >= 15 is 0 Å². The minimum atomic E-state index is -0.228. The first-order valence-corrected chi connectivity index (χ1v) is 7.60. The third-order valence-corrected chi connectivity index (χ3v) is 3.81. The molecule has 4 nitrogen and oxygen atoms in total. The van der Waals surface area contributed by atoms with Crippen LogP contribution in [0.4, 0.5) is 0 Å². The Kier molecular flexibility index (Phi) is 5.86. The van der Waals surface area contributed by atoms with Gasteiger partial charge in [0.1, 0.15) is 0 Å². The van der Waals surface area contributed by atoms with Gasteiger partial charge in [0.25, 0.3) is 0 Å². The lowest BCUT2D eigenvalue weighted by Gasteiger charge is -2.30. The number of ether oxygens (including phenoxy) is 1. The van der Waals surface area contributed by atoms with Crippen LogP contribution in [0.5, 0.6) is 0 Å². The number of hydrogen-bond acceptors (Lipinski definition) is 4. The summed E-state index contributed by atoms with van der Waals surface area (Å²) in [7, 11) is 0. The van der Waals surface area contributed by atoms with Gasteiger partial charge >= 0.3 is 5.97 Å². The van der Waals surface area contributed by atoms with Crippen LogP contribution in [0.1, 0.15) is 39.0 Å². The molecule has 1 atom stereocenters. The van der Waals surface area contributed by atoms with Crippen LogP contribution < -0.4 is 5.32 Å². The molecule has 0 aromatic rings. The molecule has 1 saturated heterocycles. The van der Waals surface area contributed by atoms with Crippen molar-refractivity contribution in [2.45, 2.75) is 51.1 Å².